The second kappa shape index (κ2) is 11.5. The third kappa shape index (κ3) is 7.40. The summed E-state index contributed by atoms with van der Waals surface area (Å²) in [6.07, 6.45) is 7.41. The highest BCUT2D eigenvalue weighted by atomic mass is 32.1. The molecule has 1 aliphatic rings. The Morgan fingerprint density at radius 3 is 2.41 bits per heavy atom. The maximum atomic E-state index is 6.05. The van der Waals surface area contributed by atoms with E-state index in [1.54, 1.807) is 11.3 Å². The number of unbranched alkanes of at least 4 members (excludes halogenated alkanes) is 2. The predicted octanol–water partition coefficient (Wildman–Crippen LogP) is 4.42. The maximum absolute atomic E-state index is 6.05. The van der Waals surface area contributed by atoms with E-state index in [2.05, 4.69) is 37.0 Å². The zero-order chi connectivity index (χ0) is 20.5. The minimum atomic E-state index is 0.255. The van der Waals surface area contributed by atoms with E-state index >= 15 is 0 Å². The Kier molecular flexibility index (Phi) is 9.06. The van der Waals surface area contributed by atoms with Crippen molar-refractivity contribution in [2.75, 3.05) is 33.3 Å². The van der Waals surface area contributed by atoms with Gasteiger partial charge in [-0.15, -0.1) is 22.7 Å². The fourth-order valence-corrected chi connectivity index (χ4v) is 5.50. The molecule has 0 aromatic carbocycles. The lowest BCUT2D eigenvalue weighted by Gasteiger charge is -2.40. The lowest BCUT2D eigenvalue weighted by molar-refractivity contribution is -0.933. The molecule has 1 N–H and O–H groups in total. The van der Waals surface area contributed by atoms with Crippen LogP contribution in [0.4, 0.5) is 0 Å². The number of quaternary nitrogens is 1. The molecule has 0 aliphatic carbocycles. The molecule has 3 rings (SSSR count). The van der Waals surface area contributed by atoms with Gasteiger partial charge < -0.3 is 14.5 Å². The topological polar surface area (TPSA) is 47.0 Å². The van der Waals surface area contributed by atoms with Crippen molar-refractivity contribution in [2.24, 2.45) is 0 Å². The predicted molar refractivity (Wildman–Crippen MR) is 123 cm³/mol. The molecule has 2 aromatic rings. The maximum Gasteiger partial charge on any atom is 0.122 e. The second-order valence-electron chi connectivity index (χ2n) is 8.48. The Bertz CT molecular complexity index is 732. The van der Waals surface area contributed by atoms with E-state index in [4.69, 9.17) is 14.7 Å². The Balaban J connectivity index is 1.43. The molecule has 0 bridgehead atoms. The van der Waals surface area contributed by atoms with Gasteiger partial charge in [-0.3, -0.25) is 0 Å². The first-order valence-electron chi connectivity index (χ1n) is 11.1. The van der Waals surface area contributed by atoms with Crippen LogP contribution in [0.2, 0.25) is 0 Å². The molecule has 162 valence electrons. The van der Waals surface area contributed by atoms with Crippen molar-refractivity contribution in [2.45, 2.75) is 71.6 Å². The van der Waals surface area contributed by atoms with Gasteiger partial charge in [-0.05, 0) is 25.7 Å². The molecule has 2 aromatic heterocycles. The first-order chi connectivity index (χ1) is 14.1. The van der Waals surface area contributed by atoms with Crippen molar-refractivity contribution in [1.82, 2.24) is 15.3 Å². The van der Waals surface area contributed by atoms with Gasteiger partial charge in [0.25, 0.3) is 0 Å². The largest absolute Gasteiger partial charge is 0.365 e. The van der Waals surface area contributed by atoms with E-state index in [1.165, 1.54) is 41.4 Å². The monoisotopic (exact) mass is 437 g/mol. The molecular weight excluding hydrogens is 400 g/mol. The first kappa shape index (κ1) is 22.8. The molecule has 1 aliphatic heterocycles. The van der Waals surface area contributed by atoms with Gasteiger partial charge in [0.15, 0.2) is 0 Å². The molecule has 29 heavy (non-hydrogen) atoms. The van der Waals surface area contributed by atoms with Crippen LogP contribution in [0.5, 0.6) is 0 Å². The highest BCUT2D eigenvalue weighted by Gasteiger charge is 2.32. The summed E-state index contributed by atoms with van der Waals surface area (Å²) < 4.78 is 7.07. The normalized spacial score (nSPS) is 22.2. The Labute approximate surface area is 184 Å². The van der Waals surface area contributed by atoms with Gasteiger partial charge in [-0.25, -0.2) is 9.97 Å². The summed E-state index contributed by atoms with van der Waals surface area (Å²) in [5, 5.41) is 10.6. The van der Waals surface area contributed by atoms with E-state index in [9.17, 15) is 0 Å². The lowest BCUT2D eigenvalue weighted by Crippen LogP contribution is -2.56. The zero-order valence-corrected chi connectivity index (χ0v) is 19.9. The average Bonchev–Trinajstić information content (AvgIpc) is 3.34. The summed E-state index contributed by atoms with van der Waals surface area (Å²) in [6.45, 7) is 10.1. The van der Waals surface area contributed by atoms with Crippen LogP contribution in [-0.4, -0.2) is 53.8 Å². The number of hydrogen-bond acceptors (Lipinski definition) is 6. The lowest BCUT2D eigenvalue weighted by atomic mass is 10.2. The molecule has 1 saturated heterocycles. The van der Waals surface area contributed by atoms with E-state index in [0.717, 1.165) is 62.3 Å². The second-order valence-corrected chi connectivity index (χ2v) is 10.4. The number of ether oxygens (including phenoxy) is 1. The van der Waals surface area contributed by atoms with Crippen molar-refractivity contribution in [3.05, 3.63) is 32.2 Å². The van der Waals surface area contributed by atoms with Crippen LogP contribution in [0.3, 0.4) is 0 Å². The molecule has 0 saturated carbocycles. The third-order valence-corrected chi connectivity index (χ3v) is 7.45. The van der Waals surface area contributed by atoms with Gasteiger partial charge in [0, 0.05) is 23.8 Å². The molecule has 0 radical (unpaired) electrons. The molecule has 0 unspecified atom stereocenters. The van der Waals surface area contributed by atoms with Crippen LogP contribution in [0.25, 0.3) is 0 Å². The molecule has 5 nitrogen and oxygen atoms in total. The van der Waals surface area contributed by atoms with Crippen LogP contribution in [0.1, 0.15) is 60.9 Å². The van der Waals surface area contributed by atoms with Gasteiger partial charge in [-0.1, -0.05) is 26.7 Å². The van der Waals surface area contributed by atoms with Gasteiger partial charge in [0.2, 0.25) is 0 Å². The number of aryl methyl sites for hydroxylation is 2. The standard InChI is InChI=1S/C22H37N4OS2/c1-4-6-8-21-24-18(16-28-21)12-23-13-20-15-26(3,10-11-27-20)14-19-17-29-22(25-19)9-7-5-2/h16-17,20,23H,4-15H2,1-3H3/q+1/t20-,26-/m0/s1. The fourth-order valence-electron chi connectivity index (χ4n) is 3.83. The smallest absolute Gasteiger partial charge is 0.122 e. The minimum absolute atomic E-state index is 0.255. The summed E-state index contributed by atoms with van der Waals surface area (Å²) in [5.74, 6) is 0. The summed E-state index contributed by atoms with van der Waals surface area (Å²) in [5.41, 5.74) is 2.41. The number of aromatic nitrogens is 2. The Morgan fingerprint density at radius 2 is 1.72 bits per heavy atom. The highest BCUT2D eigenvalue weighted by molar-refractivity contribution is 7.09. The van der Waals surface area contributed by atoms with E-state index < -0.39 is 0 Å². The molecule has 0 amide bonds. The van der Waals surface area contributed by atoms with Crippen molar-refractivity contribution in [3.63, 3.8) is 0 Å². The van der Waals surface area contributed by atoms with Gasteiger partial charge in [0.05, 0.1) is 29.4 Å². The van der Waals surface area contributed by atoms with Crippen molar-refractivity contribution in [3.8, 4) is 0 Å². The fraction of sp³-hybridized carbons (Fsp3) is 0.727. The SMILES string of the molecule is CCCCc1nc(CNC[C@H]2C[N@+](C)(Cc3csc(CCCC)n3)CCO2)cs1. The van der Waals surface area contributed by atoms with Crippen LogP contribution >= 0.6 is 22.7 Å². The van der Waals surface area contributed by atoms with Crippen LogP contribution < -0.4 is 5.32 Å². The van der Waals surface area contributed by atoms with Crippen molar-refractivity contribution >= 4 is 22.7 Å². The number of thiazole rings is 2. The number of nitrogens with zero attached hydrogens (tertiary/aromatic N) is 3. The summed E-state index contributed by atoms with van der Waals surface area (Å²) in [7, 11) is 2.35. The first-order valence-corrected chi connectivity index (χ1v) is 12.9. The molecule has 0 spiro atoms. The van der Waals surface area contributed by atoms with E-state index in [0.29, 0.717) is 0 Å². The number of hydrogen-bond donors (Lipinski definition) is 1. The van der Waals surface area contributed by atoms with Crippen molar-refractivity contribution in [1.29, 1.82) is 0 Å². The summed E-state index contributed by atoms with van der Waals surface area (Å²) >= 11 is 3.62. The Hall–Kier alpha value is -0.860. The van der Waals surface area contributed by atoms with Crippen LogP contribution in [-0.2, 0) is 30.7 Å². The number of likely N-dealkylation sites (N-methyl/N-ethyl adjacent to an activating group) is 1. The average molecular weight is 438 g/mol. The van der Waals surface area contributed by atoms with Gasteiger partial charge in [-0.2, -0.15) is 0 Å². The number of rotatable bonds is 12. The van der Waals surface area contributed by atoms with Gasteiger partial charge >= 0.3 is 0 Å². The van der Waals surface area contributed by atoms with E-state index in [1.807, 2.05) is 11.3 Å². The molecule has 3 heterocycles. The minimum Gasteiger partial charge on any atom is -0.365 e. The van der Waals surface area contributed by atoms with Crippen molar-refractivity contribution < 1.29 is 9.22 Å². The summed E-state index contributed by atoms with van der Waals surface area (Å²) in [4.78, 5) is 9.62. The third-order valence-electron chi connectivity index (χ3n) is 5.54. The molecular formula is C22H37N4OS2+. The highest BCUT2D eigenvalue weighted by Crippen LogP contribution is 2.20. The van der Waals surface area contributed by atoms with Crippen LogP contribution in [0.15, 0.2) is 10.8 Å². The Morgan fingerprint density at radius 1 is 1.07 bits per heavy atom. The van der Waals surface area contributed by atoms with Crippen LogP contribution in [0, 0.1) is 0 Å². The molecule has 2 atom stereocenters. The molecule has 7 heteroatoms. The zero-order valence-electron chi connectivity index (χ0n) is 18.3. The molecule has 1 fully saturated rings. The van der Waals surface area contributed by atoms with Gasteiger partial charge in [0.1, 0.15) is 31.4 Å². The number of nitrogens with one attached hydrogen (secondary N) is 1. The summed E-state index contributed by atoms with van der Waals surface area (Å²) in [6, 6.07) is 0. The quantitative estimate of drug-likeness (QED) is 0.499. The number of morpholine rings is 1. The van der Waals surface area contributed by atoms with E-state index in [-0.39, 0.29) is 6.10 Å².